The van der Waals surface area contributed by atoms with E-state index in [1.54, 1.807) is 27.3 Å². The number of aromatic nitrogens is 2. The van der Waals surface area contributed by atoms with Gasteiger partial charge in [-0.15, -0.1) is 0 Å². The molecule has 2 heterocycles. The molecule has 0 unspecified atom stereocenters. The molecule has 0 N–H and O–H groups in total. The molecule has 10 rings (SSSR count). The van der Waals surface area contributed by atoms with Gasteiger partial charge in [-0.25, -0.2) is 4.39 Å². The lowest BCUT2D eigenvalue weighted by molar-refractivity contribution is -0.137. The summed E-state index contributed by atoms with van der Waals surface area (Å²) in [5.74, 6) is -0.527. The van der Waals surface area contributed by atoms with Crippen LogP contribution in [-0.4, -0.2) is 9.13 Å². The average Bonchev–Trinajstić information content (AvgIpc) is 3.73. The quantitative estimate of drug-likeness (QED) is 0.157. The van der Waals surface area contributed by atoms with Crippen molar-refractivity contribution in [3.63, 3.8) is 0 Å². The molecule has 0 aliphatic carbocycles. The van der Waals surface area contributed by atoms with Crippen molar-refractivity contribution in [2.75, 3.05) is 0 Å². The van der Waals surface area contributed by atoms with Gasteiger partial charge in [-0.05, 0) is 70.3 Å². The van der Waals surface area contributed by atoms with Gasteiger partial charge in [-0.3, -0.25) is 0 Å². The van der Waals surface area contributed by atoms with Gasteiger partial charge in [0.15, 0.2) is 0 Å². The van der Waals surface area contributed by atoms with E-state index in [9.17, 15) is 0 Å². The van der Waals surface area contributed by atoms with E-state index in [0.717, 1.165) is 43.8 Å². The number of para-hydroxylation sites is 2. The van der Waals surface area contributed by atoms with Crippen LogP contribution in [0.4, 0.5) is 17.6 Å². The van der Waals surface area contributed by atoms with Crippen molar-refractivity contribution < 1.29 is 17.6 Å². The average molecular weight is 723 g/mol. The van der Waals surface area contributed by atoms with E-state index in [1.165, 1.54) is 18.2 Å². The second kappa shape index (κ2) is 12.6. The fourth-order valence-electron chi connectivity index (χ4n) is 8.19. The fraction of sp³-hybridized carbons (Fsp3) is 0.0204. The van der Waals surface area contributed by atoms with Gasteiger partial charge >= 0.3 is 6.18 Å². The largest absolute Gasteiger partial charge is 0.420 e. The van der Waals surface area contributed by atoms with Crippen LogP contribution in [0.5, 0.6) is 0 Å². The van der Waals surface area contributed by atoms with Crippen molar-refractivity contribution in [2.45, 2.75) is 6.18 Å². The summed E-state index contributed by atoms with van der Waals surface area (Å²) in [5.41, 5.74) is 5.58. The number of nitrogens with zero attached hydrogens (tertiary/aromatic N) is 2. The zero-order chi connectivity index (χ0) is 37.3. The Morgan fingerprint density at radius 3 is 1.24 bits per heavy atom. The second-order valence-corrected chi connectivity index (χ2v) is 13.8. The lowest BCUT2D eigenvalue weighted by Crippen LogP contribution is -2.16. The molecule has 264 valence electrons. The molecule has 0 radical (unpaired) electrons. The summed E-state index contributed by atoms with van der Waals surface area (Å²) in [6.45, 7) is 0. The molecule has 0 bridgehead atoms. The van der Waals surface area contributed by atoms with E-state index >= 15 is 17.6 Å². The molecule has 6 heteroatoms. The molecule has 0 atom stereocenters. The van der Waals surface area contributed by atoms with Crippen molar-refractivity contribution >= 4 is 43.6 Å². The number of hydrogen-bond donors (Lipinski definition) is 0. The van der Waals surface area contributed by atoms with Gasteiger partial charge in [0.1, 0.15) is 11.4 Å². The minimum atomic E-state index is -4.83. The Hall–Kier alpha value is -6.92. The number of rotatable bonds is 5. The standard InChI is InChI=1S/C49H30F4N2/c50-41-20-10-7-17-36(41)35-29-46(54-42-21-11-8-18-37(42)39-25-23-33(27-44(39)54)31-13-3-1-4-14-31)48(49(51,52)53)47(30-35)55-43-22-12-9-19-38(43)40-26-24-34(28-45(40)55)32-15-5-2-6-16-32/h1-30H. The minimum absolute atomic E-state index is 0.0928. The fourth-order valence-corrected chi connectivity index (χ4v) is 8.19. The Balaban J connectivity index is 1.39. The van der Waals surface area contributed by atoms with Gasteiger partial charge in [0.2, 0.25) is 0 Å². The van der Waals surface area contributed by atoms with E-state index < -0.39 is 17.6 Å². The van der Waals surface area contributed by atoms with Gasteiger partial charge < -0.3 is 9.13 Å². The predicted molar refractivity (Wildman–Crippen MR) is 216 cm³/mol. The molecule has 0 fully saturated rings. The van der Waals surface area contributed by atoms with Crippen LogP contribution in [0.25, 0.3) is 88.4 Å². The first kappa shape index (κ1) is 32.7. The predicted octanol–water partition coefficient (Wildman–Crippen LogP) is 14.0. The van der Waals surface area contributed by atoms with Gasteiger partial charge in [-0.1, -0.05) is 140 Å². The molecule has 0 saturated heterocycles. The van der Waals surface area contributed by atoms with Crippen LogP contribution in [0.3, 0.4) is 0 Å². The Bertz CT molecular complexity index is 2900. The lowest BCUT2D eigenvalue weighted by Gasteiger charge is -2.23. The first-order valence-corrected chi connectivity index (χ1v) is 18.0. The molecule has 2 aromatic heterocycles. The van der Waals surface area contributed by atoms with E-state index in [1.807, 2.05) is 146 Å². The van der Waals surface area contributed by atoms with Crippen LogP contribution >= 0.6 is 0 Å². The van der Waals surface area contributed by atoms with Crippen LogP contribution in [0.15, 0.2) is 182 Å². The van der Waals surface area contributed by atoms with Crippen molar-refractivity contribution in [1.29, 1.82) is 0 Å². The SMILES string of the molecule is Fc1ccccc1-c1cc(-n2c3ccccc3c3ccc(-c4ccccc4)cc32)c(C(F)(F)F)c(-n2c3ccccc3c3ccc(-c4ccccc4)cc32)c1. The van der Waals surface area contributed by atoms with Crippen molar-refractivity contribution in [3.8, 4) is 44.8 Å². The number of alkyl halides is 3. The molecular weight excluding hydrogens is 693 g/mol. The first-order chi connectivity index (χ1) is 26.8. The summed E-state index contributed by atoms with van der Waals surface area (Å²) < 4.78 is 68.1. The molecule has 0 aliphatic rings. The summed E-state index contributed by atoms with van der Waals surface area (Å²) in [4.78, 5) is 0. The Labute approximate surface area is 313 Å². The van der Waals surface area contributed by atoms with Gasteiger partial charge in [0.25, 0.3) is 0 Å². The maximum atomic E-state index is 16.3. The Morgan fingerprint density at radius 1 is 0.345 bits per heavy atom. The molecule has 55 heavy (non-hydrogen) atoms. The highest BCUT2D eigenvalue weighted by Crippen LogP contribution is 2.47. The molecule has 0 aliphatic heterocycles. The monoisotopic (exact) mass is 722 g/mol. The summed E-state index contributed by atoms with van der Waals surface area (Å²) >= 11 is 0. The highest BCUT2D eigenvalue weighted by atomic mass is 19.4. The molecular formula is C49H30F4N2. The minimum Gasteiger partial charge on any atom is -0.309 e. The highest BCUT2D eigenvalue weighted by Gasteiger charge is 2.39. The van der Waals surface area contributed by atoms with Crippen LogP contribution in [0.2, 0.25) is 0 Å². The summed E-state index contributed by atoms with van der Waals surface area (Å²) in [5, 5.41) is 3.25. The lowest BCUT2D eigenvalue weighted by atomic mass is 9.98. The Morgan fingerprint density at radius 2 is 0.764 bits per heavy atom. The second-order valence-electron chi connectivity index (χ2n) is 13.8. The Kier molecular flexibility index (Phi) is 7.49. The number of halogens is 4. The number of benzene rings is 8. The zero-order valence-corrected chi connectivity index (χ0v) is 29.2. The van der Waals surface area contributed by atoms with Crippen LogP contribution in [-0.2, 0) is 6.18 Å². The molecule has 0 spiro atoms. The van der Waals surface area contributed by atoms with E-state index in [2.05, 4.69) is 0 Å². The zero-order valence-electron chi connectivity index (χ0n) is 29.2. The summed E-state index contributed by atoms with van der Waals surface area (Å²) in [6, 6.07) is 55.7. The molecule has 0 saturated carbocycles. The van der Waals surface area contributed by atoms with Crippen molar-refractivity contribution in [2.24, 2.45) is 0 Å². The smallest absolute Gasteiger partial charge is 0.309 e. The third-order valence-electron chi connectivity index (χ3n) is 10.6. The van der Waals surface area contributed by atoms with Gasteiger partial charge in [-0.2, -0.15) is 13.2 Å². The molecule has 8 aromatic carbocycles. The van der Waals surface area contributed by atoms with Gasteiger partial charge in [0, 0.05) is 27.1 Å². The number of fused-ring (bicyclic) bond motifs is 6. The van der Waals surface area contributed by atoms with Crippen LogP contribution in [0.1, 0.15) is 5.56 Å². The normalized spacial score (nSPS) is 12.0. The molecule has 0 amide bonds. The number of hydrogen-bond acceptors (Lipinski definition) is 0. The van der Waals surface area contributed by atoms with Gasteiger partial charge in [0.05, 0.1) is 33.4 Å². The van der Waals surface area contributed by atoms with Crippen LogP contribution in [0, 0.1) is 5.82 Å². The van der Waals surface area contributed by atoms with E-state index in [0.29, 0.717) is 27.6 Å². The van der Waals surface area contributed by atoms with Crippen molar-refractivity contribution in [1.82, 2.24) is 9.13 Å². The molecule has 10 aromatic rings. The summed E-state index contributed by atoms with van der Waals surface area (Å²) in [6.07, 6.45) is -4.83. The maximum absolute atomic E-state index is 16.3. The topological polar surface area (TPSA) is 9.86 Å². The molecule has 2 nitrogen and oxygen atoms in total. The van der Waals surface area contributed by atoms with E-state index in [4.69, 9.17) is 0 Å². The summed E-state index contributed by atoms with van der Waals surface area (Å²) in [7, 11) is 0. The van der Waals surface area contributed by atoms with Crippen molar-refractivity contribution in [3.05, 3.63) is 193 Å². The maximum Gasteiger partial charge on any atom is 0.420 e. The van der Waals surface area contributed by atoms with E-state index in [-0.39, 0.29) is 16.9 Å². The third kappa shape index (κ3) is 5.32. The third-order valence-corrected chi connectivity index (χ3v) is 10.6. The van der Waals surface area contributed by atoms with Crippen LogP contribution < -0.4 is 0 Å². The highest BCUT2D eigenvalue weighted by molar-refractivity contribution is 6.12. The first-order valence-electron chi connectivity index (χ1n) is 18.0.